The van der Waals surface area contributed by atoms with Crippen LogP contribution in [0.4, 0.5) is 5.69 Å². The summed E-state index contributed by atoms with van der Waals surface area (Å²) >= 11 is 5.92. The van der Waals surface area contributed by atoms with E-state index in [0.29, 0.717) is 41.0 Å². The molecule has 8 heteroatoms. The molecule has 7 nitrogen and oxygen atoms in total. The van der Waals surface area contributed by atoms with E-state index in [-0.39, 0.29) is 5.91 Å². The Hall–Kier alpha value is -3.84. The predicted molar refractivity (Wildman–Crippen MR) is 129 cm³/mol. The Labute approximate surface area is 197 Å². The maximum atomic E-state index is 12.3. The van der Waals surface area contributed by atoms with E-state index in [4.69, 9.17) is 21.1 Å². The molecule has 3 rings (SSSR count). The Morgan fingerprint density at radius 3 is 2.52 bits per heavy atom. The number of hydrogen-bond donors (Lipinski definition) is 2. The summed E-state index contributed by atoms with van der Waals surface area (Å²) in [4.78, 5) is 23.5. The Kier molecular flexibility index (Phi) is 8.43. The molecule has 0 radical (unpaired) electrons. The number of hydrazone groups is 1. The molecule has 0 aliphatic carbocycles. The van der Waals surface area contributed by atoms with E-state index in [1.165, 1.54) is 13.1 Å². The summed E-state index contributed by atoms with van der Waals surface area (Å²) in [6.45, 7) is 4.14. The summed E-state index contributed by atoms with van der Waals surface area (Å²) in [5, 5.41) is 7.33. The molecular weight excluding hydrogens is 442 g/mol. The quantitative estimate of drug-likeness (QED) is 0.342. The van der Waals surface area contributed by atoms with Crippen LogP contribution in [-0.4, -0.2) is 24.6 Å². The minimum absolute atomic E-state index is 0.212. The van der Waals surface area contributed by atoms with Crippen LogP contribution in [0.2, 0.25) is 5.02 Å². The molecule has 0 bridgehead atoms. The normalized spacial score (nSPS) is 10.6. The largest absolute Gasteiger partial charge is 0.490 e. The maximum absolute atomic E-state index is 12.3. The number of carbonyl (C=O) groups is 2. The second kappa shape index (κ2) is 11.7. The first-order chi connectivity index (χ1) is 15.9. The van der Waals surface area contributed by atoms with Crippen molar-refractivity contribution in [2.45, 2.75) is 20.5 Å². The summed E-state index contributed by atoms with van der Waals surface area (Å²) in [6, 6.07) is 19.4. The average Bonchev–Trinajstić information content (AvgIpc) is 2.79. The number of nitrogens with one attached hydrogen (secondary N) is 2. The lowest BCUT2D eigenvalue weighted by atomic mass is 10.2. The zero-order valence-electron chi connectivity index (χ0n) is 18.3. The van der Waals surface area contributed by atoms with Crippen molar-refractivity contribution in [1.29, 1.82) is 0 Å². The van der Waals surface area contributed by atoms with Crippen molar-refractivity contribution in [2.75, 3.05) is 11.9 Å². The Morgan fingerprint density at radius 1 is 1.00 bits per heavy atom. The number of halogens is 1. The number of ether oxygens (including phenoxy) is 2. The molecule has 0 unspecified atom stereocenters. The smallest absolute Gasteiger partial charge is 0.271 e. The van der Waals surface area contributed by atoms with E-state index in [2.05, 4.69) is 15.8 Å². The summed E-state index contributed by atoms with van der Waals surface area (Å²) in [5.74, 6) is 0.565. The molecule has 3 aromatic carbocycles. The molecule has 33 heavy (non-hydrogen) atoms. The van der Waals surface area contributed by atoms with Crippen LogP contribution in [0.1, 0.15) is 35.3 Å². The van der Waals surface area contributed by atoms with Crippen LogP contribution in [-0.2, 0) is 11.4 Å². The zero-order chi connectivity index (χ0) is 23.6. The molecule has 0 spiro atoms. The van der Waals surface area contributed by atoms with E-state index in [0.717, 1.165) is 11.1 Å². The molecule has 2 N–H and O–H groups in total. The van der Waals surface area contributed by atoms with Gasteiger partial charge < -0.3 is 14.8 Å². The molecule has 0 atom stereocenters. The number of carbonyl (C=O) groups excluding carboxylic acids is 2. The number of anilines is 1. The highest BCUT2D eigenvalue weighted by Gasteiger charge is 2.08. The van der Waals surface area contributed by atoms with Gasteiger partial charge in [0.25, 0.3) is 5.91 Å². The van der Waals surface area contributed by atoms with Gasteiger partial charge >= 0.3 is 0 Å². The molecule has 0 aliphatic heterocycles. The summed E-state index contributed by atoms with van der Waals surface area (Å²) in [5.41, 5.74) is 5.10. The van der Waals surface area contributed by atoms with Crippen LogP contribution in [0.15, 0.2) is 71.8 Å². The highest BCUT2D eigenvalue weighted by atomic mass is 35.5. The summed E-state index contributed by atoms with van der Waals surface area (Å²) < 4.78 is 11.6. The summed E-state index contributed by atoms with van der Waals surface area (Å²) in [7, 11) is 0. The van der Waals surface area contributed by atoms with Gasteiger partial charge in [-0.2, -0.15) is 5.10 Å². The standard InChI is InChI=1S/C25H24ClN3O4/c1-3-32-24-13-19(9-12-23(24)33-16-18-7-10-21(26)11-8-18)15-27-29-25(31)20-5-4-6-22(14-20)28-17(2)30/h4-15H,3,16H2,1-2H3,(H,28,30)(H,29,31). The molecule has 0 aliphatic rings. The topological polar surface area (TPSA) is 89.0 Å². The van der Waals surface area contributed by atoms with Gasteiger partial charge in [0.1, 0.15) is 6.61 Å². The average molecular weight is 466 g/mol. The predicted octanol–water partition coefficient (Wildman–Crippen LogP) is 5.04. The lowest BCUT2D eigenvalue weighted by molar-refractivity contribution is -0.114. The maximum Gasteiger partial charge on any atom is 0.271 e. The lowest BCUT2D eigenvalue weighted by Gasteiger charge is -2.12. The Balaban J connectivity index is 1.64. The van der Waals surface area contributed by atoms with E-state index in [1.807, 2.05) is 37.3 Å². The third-order valence-electron chi connectivity index (χ3n) is 4.40. The first-order valence-corrected chi connectivity index (χ1v) is 10.7. The highest BCUT2D eigenvalue weighted by molar-refractivity contribution is 6.30. The van der Waals surface area contributed by atoms with Gasteiger partial charge in [-0.25, -0.2) is 5.43 Å². The van der Waals surface area contributed by atoms with Gasteiger partial charge in [0.2, 0.25) is 5.91 Å². The minimum Gasteiger partial charge on any atom is -0.490 e. The fraction of sp³-hybridized carbons (Fsp3) is 0.160. The van der Waals surface area contributed by atoms with Crippen LogP contribution in [0.25, 0.3) is 0 Å². The lowest BCUT2D eigenvalue weighted by Crippen LogP contribution is -2.18. The van der Waals surface area contributed by atoms with Gasteiger partial charge in [-0.3, -0.25) is 9.59 Å². The van der Waals surface area contributed by atoms with E-state index in [9.17, 15) is 9.59 Å². The van der Waals surface area contributed by atoms with Crippen molar-refractivity contribution < 1.29 is 19.1 Å². The van der Waals surface area contributed by atoms with Gasteiger partial charge in [-0.1, -0.05) is 29.8 Å². The zero-order valence-corrected chi connectivity index (χ0v) is 19.1. The fourth-order valence-corrected chi connectivity index (χ4v) is 3.03. The molecule has 2 amide bonds. The minimum atomic E-state index is -0.397. The fourth-order valence-electron chi connectivity index (χ4n) is 2.91. The molecule has 0 aromatic heterocycles. The van der Waals surface area contributed by atoms with Crippen molar-refractivity contribution in [1.82, 2.24) is 5.43 Å². The van der Waals surface area contributed by atoms with E-state index >= 15 is 0 Å². The van der Waals surface area contributed by atoms with Gasteiger partial charge in [0.05, 0.1) is 12.8 Å². The van der Waals surface area contributed by atoms with E-state index < -0.39 is 5.91 Å². The third-order valence-corrected chi connectivity index (χ3v) is 4.65. The highest BCUT2D eigenvalue weighted by Crippen LogP contribution is 2.29. The third kappa shape index (κ3) is 7.36. The van der Waals surface area contributed by atoms with Crippen molar-refractivity contribution in [3.05, 3.63) is 88.4 Å². The van der Waals surface area contributed by atoms with Gasteiger partial charge in [-0.05, 0) is 66.6 Å². The Morgan fingerprint density at radius 2 is 1.79 bits per heavy atom. The first kappa shape index (κ1) is 23.8. The number of rotatable bonds is 9. The summed E-state index contributed by atoms with van der Waals surface area (Å²) in [6.07, 6.45) is 1.51. The van der Waals surface area contributed by atoms with Gasteiger partial charge in [0.15, 0.2) is 11.5 Å². The molecule has 0 saturated carbocycles. The first-order valence-electron chi connectivity index (χ1n) is 10.3. The van der Waals surface area contributed by atoms with Crippen LogP contribution >= 0.6 is 11.6 Å². The molecule has 0 heterocycles. The van der Waals surface area contributed by atoms with Crippen LogP contribution < -0.4 is 20.2 Å². The second-order valence-electron chi connectivity index (χ2n) is 7.02. The van der Waals surface area contributed by atoms with Crippen LogP contribution in [0.5, 0.6) is 11.5 Å². The van der Waals surface area contributed by atoms with Crippen molar-refractivity contribution in [2.24, 2.45) is 5.10 Å². The van der Waals surface area contributed by atoms with Crippen LogP contribution in [0.3, 0.4) is 0 Å². The molecule has 0 saturated heterocycles. The number of hydrogen-bond acceptors (Lipinski definition) is 5. The number of amides is 2. The van der Waals surface area contributed by atoms with Crippen molar-refractivity contribution in [3.63, 3.8) is 0 Å². The Bertz CT molecular complexity index is 1150. The van der Waals surface area contributed by atoms with Gasteiger partial charge in [-0.15, -0.1) is 0 Å². The van der Waals surface area contributed by atoms with Gasteiger partial charge in [0, 0.05) is 23.2 Å². The van der Waals surface area contributed by atoms with E-state index in [1.54, 1.807) is 36.4 Å². The second-order valence-corrected chi connectivity index (χ2v) is 7.45. The molecule has 170 valence electrons. The van der Waals surface area contributed by atoms with Crippen LogP contribution in [0, 0.1) is 0 Å². The molecule has 3 aromatic rings. The number of benzene rings is 3. The SMILES string of the molecule is CCOc1cc(C=NNC(=O)c2cccc(NC(C)=O)c2)ccc1OCc1ccc(Cl)cc1. The molecular formula is C25H24ClN3O4. The monoisotopic (exact) mass is 465 g/mol. The van der Waals surface area contributed by atoms with Crippen molar-refractivity contribution >= 4 is 35.3 Å². The van der Waals surface area contributed by atoms with Crippen molar-refractivity contribution in [3.8, 4) is 11.5 Å². The molecule has 0 fully saturated rings. The number of nitrogens with zero attached hydrogens (tertiary/aromatic N) is 1.